The number of rotatable bonds is 8. The van der Waals surface area contributed by atoms with Gasteiger partial charge in [0.05, 0.1) is 5.75 Å². The van der Waals surface area contributed by atoms with Crippen molar-refractivity contribution in [2.45, 2.75) is 23.9 Å². The van der Waals surface area contributed by atoms with E-state index in [1.807, 2.05) is 0 Å². The summed E-state index contributed by atoms with van der Waals surface area (Å²) in [5, 5.41) is 11.2. The van der Waals surface area contributed by atoms with Crippen molar-refractivity contribution < 1.29 is 9.18 Å². The smallest absolute Gasteiger partial charge is 0.236 e. The molecular weight excluding hydrogens is 353 g/mol. The van der Waals surface area contributed by atoms with Crippen LogP contribution in [0.2, 0.25) is 0 Å². The third kappa shape index (κ3) is 6.48. The van der Waals surface area contributed by atoms with Gasteiger partial charge in [0.25, 0.3) is 0 Å². The van der Waals surface area contributed by atoms with Gasteiger partial charge >= 0.3 is 0 Å². The van der Waals surface area contributed by atoms with E-state index in [1.54, 1.807) is 30.0 Å². The third-order valence-electron chi connectivity index (χ3n) is 2.64. The molecule has 0 radical (unpaired) electrons. The average Bonchev–Trinajstić information content (AvgIpc) is 2.94. The Bertz CT molecular complexity index is 648. The summed E-state index contributed by atoms with van der Waals surface area (Å²) in [5.41, 5.74) is 0.605. The van der Waals surface area contributed by atoms with Crippen LogP contribution in [0.15, 0.2) is 28.6 Å². The van der Waals surface area contributed by atoms with Crippen LogP contribution in [-0.2, 0) is 10.5 Å². The van der Waals surface area contributed by atoms with E-state index in [4.69, 9.17) is 0 Å². The molecule has 1 N–H and O–H groups in total. The second kappa shape index (κ2) is 9.24. The number of carbonyl (C=O) groups excluding carboxylic acids is 1. The molecule has 0 aliphatic rings. The molecule has 2 aromatic rings. The van der Waals surface area contributed by atoms with Crippen LogP contribution in [0.5, 0.6) is 0 Å². The minimum Gasteiger partial charge on any atom is -0.300 e. The predicted molar refractivity (Wildman–Crippen MR) is 96.7 cm³/mol. The maximum absolute atomic E-state index is 13.5. The second-order valence-electron chi connectivity index (χ2n) is 5.21. The summed E-state index contributed by atoms with van der Waals surface area (Å²) < 4.78 is 14.3. The highest BCUT2D eigenvalue weighted by atomic mass is 32.2. The van der Waals surface area contributed by atoms with Gasteiger partial charge in [0, 0.05) is 11.5 Å². The number of hydrogen-bond donors (Lipinski definition) is 1. The zero-order valence-corrected chi connectivity index (χ0v) is 15.4. The highest BCUT2D eigenvalue weighted by molar-refractivity contribution is 8.01. The lowest BCUT2D eigenvalue weighted by Crippen LogP contribution is -2.14. The Balaban J connectivity index is 1.73. The van der Waals surface area contributed by atoms with E-state index in [-0.39, 0.29) is 17.5 Å². The number of nitrogens with zero attached hydrogens (tertiary/aromatic N) is 2. The number of carbonyl (C=O) groups is 1. The van der Waals surface area contributed by atoms with Gasteiger partial charge in [-0.2, -0.15) is 0 Å². The van der Waals surface area contributed by atoms with Crippen molar-refractivity contribution in [2.24, 2.45) is 5.92 Å². The fourth-order valence-electron chi connectivity index (χ4n) is 1.58. The van der Waals surface area contributed by atoms with Gasteiger partial charge in [-0.05, 0) is 17.5 Å². The first-order valence-electron chi connectivity index (χ1n) is 7.12. The Morgan fingerprint density at radius 3 is 2.87 bits per heavy atom. The lowest BCUT2D eigenvalue weighted by molar-refractivity contribution is -0.113. The van der Waals surface area contributed by atoms with Gasteiger partial charge in [0.15, 0.2) is 4.34 Å². The molecule has 0 unspecified atom stereocenters. The SMILES string of the molecule is CC(C)CSc1nnc(NC(=O)CSCc2ccccc2F)s1. The van der Waals surface area contributed by atoms with Crippen molar-refractivity contribution in [3.8, 4) is 0 Å². The van der Waals surface area contributed by atoms with E-state index in [0.29, 0.717) is 22.4 Å². The Morgan fingerprint density at radius 2 is 2.13 bits per heavy atom. The first kappa shape index (κ1) is 18.2. The monoisotopic (exact) mass is 371 g/mol. The van der Waals surface area contributed by atoms with Crippen molar-refractivity contribution in [3.05, 3.63) is 35.6 Å². The molecule has 1 aromatic heterocycles. The summed E-state index contributed by atoms with van der Waals surface area (Å²) >= 11 is 4.38. The molecule has 0 spiro atoms. The van der Waals surface area contributed by atoms with Crippen molar-refractivity contribution in [2.75, 3.05) is 16.8 Å². The van der Waals surface area contributed by atoms with Gasteiger partial charge in [-0.25, -0.2) is 4.39 Å². The zero-order chi connectivity index (χ0) is 16.7. The van der Waals surface area contributed by atoms with E-state index in [1.165, 1.54) is 29.2 Å². The number of hydrogen-bond acceptors (Lipinski definition) is 6. The van der Waals surface area contributed by atoms with Crippen LogP contribution in [0, 0.1) is 11.7 Å². The average molecular weight is 372 g/mol. The van der Waals surface area contributed by atoms with Crippen LogP contribution in [0.1, 0.15) is 19.4 Å². The van der Waals surface area contributed by atoms with Crippen LogP contribution in [0.3, 0.4) is 0 Å². The van der Waals surface area contributed by atoms with E-state index < -0.39 is 0 Å². The maximum Gasteiger partial charge on any atom is 0.236 e. The fraction of sp³-hybridized carbons (Fsp3) is 0.400. The van der Waals surface area contributed by atoms with E-state index >= 15 is 0 Å². The molecule has 124 valence electrons. The summed E-state index contributed by atoms with van der Waals surface area (Å²) in [6.07, 6.45) is 0. The van der Waals surface area contributed by atoms with Gasteiger partial charge in [-0.1, -0.05) is 55.1 Å². The molecule has 0 saturated carbocycles. The minimum atomic E-state index is -0.239. The van der Waals surface area contributed by atoms with Crippen molar-refractivity contribution in [3.63, 3.8) is 0 Å². The van der Waals surface area contributed by atoms with Gasteiger partial charge in [0.1, 0.15) is 5.82 Å². The molecule has 0 fully saturated rings. The van der Waals surface area contributed by atoms with Gasteiger partial charge in [-0.3, -0.25) is 10.1 Å². The topological polar surface area (TPSA) is 54.9 Å². The van der Waals surface area contributed by atoms with Gasteiger partial charge in [-0.15, -0.1) is 22.0 Å². The van der Waals surface area contributed by atoms with Crippen molar-refractivity contribution in [1.29, 1.82) is 0 Å². The maximum atomic E-state index is 13.5. The quantitative estimate of drug-likeness (QED) is 0.554. The van der Waals surface area contributed by atoms with Gasteiger partial charge < -0.3 is 0 Å². The van der Waals surface area contributed by atoms with Crippen LogP contribution < -0.4 is 5.32 Å². The molecule has 1 amide bonds. The molecule has 4 nitrogen and oxygen atoms in total. The van der Waals surface area contributed by atoms with Crippen LogP contribution in [0.4, 0.5) is 9.52 Å². The highest BCUT2D eigenvalue weighted by Gasteiger charge is 2.10. The van der Waals surface area contributed by atoms with Crippen LogP contribution in [-0.4, -0.2) is 27.6 Å². The number of halogens is 1. The zero-order valence-electron chi connectivity index (χ0n) is 12.9. The Kier molecular flexibility index (Phi) is 7.32. The first-order chi connectivity index (χ1) is 11.0. The largest absolute Gasteiger partial charge is 0.300 e. The molecule has 0 aliphatic carbocycles. The predicted octanol–water partition coefficient (Wildman–Crippen LogP) is 4.30. The molecule has 1 heterocycles. The van der Waals surface area contributed by atoms with Gasteiger partial charge in [0.2, 0.25) is 11.0 Å². The molecule has 1 aromatic carbocycles. The number of amides is 1. The molecule has 0 atom stereocenters. The van der Waals surface area contributed by atoms with E-state index in [0.717, 1.165) is 10.1 Å². The molecule has 0 aliphatic heterocycles. The minimum absolute atomic E-state index is 0.150. The molecular formula is C15H18FN3OS3. The number of thioether (sulfide) groups is 2. The molecule has 0 bridgehead atoms. The molecule has 0 saturated heterocycles. The second-order valence-corrected chi connectivity index (χ2v) is 8.44. The lowest BCUT2D eigenvalue weighted by Gasteiger charge is -2.03. The highest BCUT2D eigenvalue weighted by Crippen LogP contribution is 2.27. The van der Waals surface area contributed by atoms with Crippen molar-refractivity contribution in [1.82, 2.24) is 10.2 Å². The Hall–Kier alpha value is -1.12. The fourth-order valence-corrected chi connectivity index (χ4v) is 4.14. The summed E-state index contributed by atoms with van der Waals surface area (Å²) in [6.45, 7) is 4.28. The summed E-state index contributed by atoms with van der Waals surface area (Å²) in [7, 11) is 0. The summed E-state index contributed by atoms with van der Waals surface area (Å²) in [4.78, 5) is 11.9. The first-order valence-corrected chi connectivity index (χ1v) is 10.1. The van der Waals surface area contributed by atoms with Crippen LogP contribution in [0.25, 0.3) is 0 Å². The lowest BCUT2D eigenvalue weighted by atomic mass is 10.2. The normalized spacial score (nSPS) is 11.0. The number of aromatic nitrogens is 2. The molecule has 8 heteroatoms. The number of benzene rings is 1. The number of nitrogens with one attached hydrogen (secondary N) is 1. The summed E-state index contributed by atoms with van der Waals surface area (Å²) in [6, 6.07) is 6.59. The standard InChI is InChI=1S/C15H18FN3OS3/c1-10(2)7-22-15-19-18-14(23-15)17-13(20)9-21-8-11-5-3-4-6-12(11)16/h3-6,10H,7-9H2,1-2H3,(H,17,18,20). The molecule has 2 rings (SSSR count). The Morgan fingerprint density at radius 1 is 1.35 bits per heavy atom. The Labute approximate surface area is 147 Å². The number of anilines is 1. The van der Waals surface area contributed by atoms with Crippen LogP contribution >= 0.6 is 34.9 Å². The van der Waals surface area contributed by atoms with E-state index in [2.05, 4.69) is 29.4 Å². The van der Waals surface area contributed by atoms with E-state index in [9.17, 15) is 9.18 Å². The third-order valence-corrected chi connectivity index (χ3v) is 6.02. The molecule has 23 heavy (non-hydrogen) atoms. The summed E-state index contributed by atoms with van der Waals surface area (Å²) in [5.74, 6) is 1.88. The van der Waals surface area contributed by atoms with Crippen molar-refractivity contribution >= 4 is 45.9 Å².